The van der Waals surface area contributed by atoms with Crippen LogP contribution in [0, 0.1) is 5.41 Å². The van der Waals surface area contributed by atoms with Crippen LogP contribution in [0.1, 0.15) is 27.2 Å². The van der Waals surface area contributed by atoms with E-state index in [0.29, 0.717) is 31.7 Å². The van der Waals surface area contributed by atoms with Crippen LogP contribution in [-0.4, -0.2) is 60.9 Å². The Kier molecular flexibility index (Phi) is 5.92. The Balaban J connectivity index is 2.06. The molecule has 1 aromatic carbocycles. The minimum absolute atomic E-state index is 0.141. The minimum Gasteiger partial charge on any atom is -0.481 e. The summed E-state index contributed by atoms with van der Waals surface area (Å²) in [4.78, 5) is 25.2. The summed E-state index contributed by atoms with van der Waals surface area (Å²) in [5.74, 6) is -0.918. The zero-order valence-electron chi connectivity index (χ0n) is 15.2. The summed E-state index contributed by atoms with van der Waals surface area (Å²) < 4.78 is 26.3. The molecule has 26 heavy (non-hydrogen) atoms. The van der Waals surface area contributed by atoms with Crippen LogP contribution in [0.5, 0.6) is 0 Å². The van der Waals surface area contributed by atoms with Gasteiger partial charge >= 0.3 is 12.0 Å². The second-order valence-corrected chi connectivity index (χ2v) is 8.52. The number of hydrogen-bond acceptors (Lipinski definition) is 4. The predicted molar refractivity (Wildman–Crippen MR) is 97.5 cm³/mol. The number of likely N-dealkylation sites (tertiary alicyclic amines) is 1. The lowest BCUT2D eigenvalue weighted by Gasteiger charge is -2.21. The van der Waals surface area contributed by atoms with Crippen molar-refractivity contribution in [3.63, 3.8) is 0 Å². The number of carboxylic acids is 1. The van der Waals surface area contributed by atoms with E-state index in [9.17, 15) is 23.1 Å². The monoisotopic (exact) mass is 383 g/mol. The molecule has 1 unspecified atom stereocenters. The summed E-state index contributed by atoms with van der Waals surface area (Å²) in [5.41, 5.74) is -0.476. The Bertz CT molecular complexity index is 774. The number of rotatable bonds is 6. The highest BCUT2D eigenvalue weighted by Gasteiger charge is 2.42. The van der Waals surface area contributed by atoms with Gasteiger partial charge in [-0.2, -0.15) is 4.31 Å². The maximum Gasteiger partial charge on any atom is 0.321 e. The number of carbonyl (C=O) groups is 2. The van der Waals surface area contributed by atoms with Crippen LogP contribution in [0.4, 0.5) is 10.5 Å². The number of benzene rings is 1. The van der Waals surface area contributed by atoms with E-state index in [2.05, 4.69) is 5.32 Å². The number of nitrogens with zero attached hydrogens (tertiary/aromatic N) is 2. The van der Waals surface area contributed by atoms with E-state index in [1.165, 1.54) is 33.5 Å². The molecule has 1 aromatic rings. The number of carboxylic acid groups (broad SMARTS) is 1. The molecule has 0 bridgehead atoms. The van der Waals surface area contributed by atoms with Crippen LogP contribution in [0.15, 0.2) is 29.2 Å². The molecule has 0 saturated carbocycles. The third kappa shape index (κ3) is 3.99. The first-order chi connectivity index (χ1) is 12.1. The fraction of sp³-hybridized carbons (Fsp3) is 0.529. The van der Waals surface area contributed by atoms with Crippen LogP contribution in [-0.2, 0) is 14.8 Å². The van der Waals surface area contributed by atoms with Crippen molar-refractivity contribution in [3.05, 3.63) is 24.3 Å². The van der Waals surface area contributed by atoms with E-state index in [-0.39, 0.29) is 11.4 Å². The topological polar surface area (TPSA) is 107 Å². The molecule has 0 spiro atoms. The number of carbonyl (C=O) groups excluding carboxylic acids is 1. The van der Waals surface area contributed by atoms with Gasteiger partial charge in [0.1, 0.15) is 0 Å². The molecule has 1 heterocycles. The number of nitrogens with one attached hydrogen (secondary N) is 1. The maximum atomic E-state index is 12.4. The summed E-state index contributed by atoms with van der Waals surface area (Å²) >= 11 is 0. The average molecular weight is 383 g/mol. The lowest BCUT2D eigenvalue weighted by Crippen LogP contribution is -2.37. The van der Waals surface area contributed by atoms with Crippen LogP contribution < -0.4 is 5.32 Å². The predicted octanol–water partition coefficient (Wildman–Crippen LogP) is 2.05. The first kappa shape index (κ1) is 20.2. The Labute approximate surface area is 153 Å². The van der Waals surface area contributed by atoms with Crippen molar-refractivity contribution >= 4 is 27.7 Å². The smallest absolute Gasteiger partial charge is 0.321 e. The number of amides is 2. The Hall–Kier alpha value is -2.13. The van der Waals surface area contributed by atoms with E-state index >= 15 is 0 Å². The number of hydrogen-bond donors (Lipinski definition) is 2. The third-order valence-corrected chi connectivity index (χ3v) is 6.79. The molecule has 0 radical (unpaired) electrons. The molecule has 2 N–H and O–H groups in total. The van der Waals surface area contributed by atoms with Crippen LogP contribution in [0.25, 0.3) is 0 Å². The minimum atomic E-state index is -3.54. The van der Waals surface area contributed by atoms with Gasteiger partial charge in [-0.05, 0) is 37.6 Å². The van der Waals surface area contributed by atoms with E-state index < -0.39 is 27.4 Å². The molecule has 1 atom stereocenters. The van der Waals surface area contributed by atoms with Gasteiger partial charge in [0.2, 0.25) is 10.0 Å². The van der Waals surface area contributed by atoms with E-state index in [1.54, 1.807) is 20.8 Å². The molecule has 1 aliphatic rings. The number of anilines is 1. The van der Waals surface area contributed by atoms with Crippen molar-refractivity contribution < 1.29 is 23.1 Å². The van der Waals surface area contributed by atoms with Crippen molar-refractivity contribution in [2.75, 3.05) is 31.5 Å². The lowest BCUT2D eigenvalue weighted by molar-refractivity contribution is -0.146. The molecule has 2 amide bonds. The SMILES string of the molecule is CCN(CC)S(=O)(=O)c1ccc(NC(=O)N2CCC(C)(C(=O)O)C2)cc1. The van der Waals surface area contributed by atoms with E-state index in [4.69, 9.17) is 0 Å². The molecule has 8 nitrogen and oxygen atoms in total. The standard InChI is InChI=1S/C17H25N3O5S/c1-4-20(5-2)26(24,25)14-8-6-13(7-9-14)18-16(23)19-11-10-17(3,12-19)15(21)22/h6-9H,4-5,10-12H2,1-3H3,(H,18,23)(H,21,22). The van der Waals surface area contributed by atoms with Gasteiger partial charge in [0.05, 0.1) is 10.3 Å². The molecule has 144 valence electrons. The molecule has 1 saturated heterocycles. The van der Waals surface area contributed by atoms with Gasteiger partial charge in [-0.25, -0.2) is 13.2 Å². The van der Waals surface area contributed by atoms with Gasteiger partial charge < -0.3 is 15.3 Å². The van der Waals surface area contributed by atoms with Crippen LogP contribution >= 0.6 is 0 Å². The van der Waals surface area contributed by atoms with Crippen molar-refractivity contribution in [1.82, 2.24) is 9.21 Å². The molecule has 1 aliphatic heterocycles. The Morgan fingerprint density at radius 2 is 1.81 bits per heavy atom. The van der Waals surface area contributed by atoms with Gasteiger partial charge in [0.25, 0.3) is 0 Å². The van der Waals surface area contributed by atoms with Crippen molar-refractivity contribution in [1.29, 1.82) is 0 Å². The second-order valence-electron chi connectivity index (χ2n) is 6.58. The molecule has 0 aromatic heterocycles. The third-order valence-electron chi connectivity index (χ3n) is 4.73. The van der Waals surface area contributed by atoms with Gasteiger partial charge in [-0.1, -0.05) is 13.8 Å². The highest BCUT2D eigenvalue weighted by Crippen LogP contribution is 2.30. The zero-order chi connectivity index (χ0) is 19.5. The fourth-order valence-corrected chi connectivity index (χ4v) is 4.39. The van der Waals surface area contributed by atoms with Crippen molar-refractivity contribution in [2.45, 2.75) is 32.1 Å². The van der Waals surface area contributed by atoms with Gasteiger partial charge in [-0.15, -0.1) is 0 Å². The van der Waals surface area contributed by atoms with Gasteiger partial charge in [0.15, 0.2) is 0 Å². The molecule has 0 aliphatic carbocycles. The molecular weight excluding hydrogens is 358 g/mol. The van der Waals surface area contributed by atoms with Gasteiger partial charge in [0, 0.05) is 31.9 Å². The first-order valence-corrected chi connectivity index (χ1v) is 9.97. The quantitative estimate of drug-likeness (QED) is 0.782. The van der Waals surface area contributed by atoms with Crippen molar-refractivity contribution in [2.24, 2.45) is 5.41 Å². The van der Waals surface area contributed by atoms with Crippen molar-refractivity contribution in [3.8, 4) is 0 Å². The molecule has 2 rings (SSSR count). The Morgan fingerprint density at radius 3 is 2.27 bits per heavy atom. The summed E-state index contributed by atoms with van der Waals surface area (Å²) in [6.07, 6.45) is 0.400. The maximum absolute atomic E-state index is 12.4. The Morgan fingerprint density at radius 1 is 1.23 bits per heavy atom. The highest BCUT2D eigenvalue weighted by molar-refractivity contribution is 7.89. The first-order valence-electron chi connectivity index (χ1n) is 8.53. The summed E-state index contributed by atoms with van der Waals surface area (Å²) in [6, 6.07) is 5.57. The normalized spacial score (nSPS) is 20.4. The lowest BCUT2D eigenvalue weighted by atomic mass is 9.90. The zero-order valence-corrected chi connectivity index (χ0v) is 16.0. The summed E-state index contributed by atoms with van der Waals surface area (Å²) in [7, 11) is -3.54. The second kappa shape index (κ2) is 7.63. The molecule has 1 fully saturated rings. The summed E-state index contributed by atoms with van der Waals surface area (Å²) in [6.45, 7) is 6.44. The highest BCUT2D eigenvalue weighted by atomic mass is 32.2. The van der Waals surface area contributed by atoms with E-state index in [1.807, 2.05) is 0 Å². The van der Waals surface area contributed by atoms with Crippen LogP contribution in [0.2, 0.25) is 0 Å². The van der Waals surface area contributed by atoms with E-state index in [0.717, 1.165) is 0 Å². The van der Waals surface area contributed by atoms with Crippen LogP contribution in [0.3, 0.4) is 0 Å². The number of urea groups is 1. The fourth-order valence-electron chi connectivity index (χ4n) is 2.93. The number of aliphatic carboxylic acids is 1. The summed E-state index contributed by atoms with van der Waals surface area (Å²) in [5, 5.41) is 11.9. The van der Waals surface area contributed by atoms with Gasteiger partial charge in [-0.3, -0.25) is 4.79 Å². The molecule has 9 heteroatoms. The largest absolute Gasteiger partial charge is 0.481 e. The average Bonchev–Trinajstić information content (AvgIpc) is 3.00. The molecular formula is C17H25N3O5S. The number of sulfonamides is 1.